The van der Waals surface area contributed by atoms with E-state index in [-0.39, 0.29) is 23.1 Å². The number of fused-ring (bicyclic) bond motifs is 2. The van der Waals surface area contributed by atoms with E-state index in [1.807, 2.05) is 21.7 Å². The first-order valence-corrected chi connectivity index (χ1v) is 15.6. The maximum absolute atomic E-state index is 12.9. The highest BCUT2D eigenvalue weighted by molar-refractivity contribution is 7.19. The molecule has 0 aromatic carbocycles. The molecule has 1 aliphatic heterocycles. The van der Waals surface area contributed by atoms with E-state index in [0.717, 1.165) is 36.1 Å². The molecular formula is C28H30N8O4S2. The number of nitrogens with zero attached hydrogens (tertiary/aromatic N) is 4. The van der Waals surface area contributed by atoms with Crippen LogP contribution in [0.4, 0.5) is 23.3 Å². The molecule has 5 aromatic heterocycles. The third-order valence-corrected chi connectivity index (χ3v) is 9.75. The Kier molecular flexibility index (Phi) is 7.06. The number of hydrogen-bond acceptors (Lipinski definition) is 12. The van der Waals surface area contributed by atoms with Crippen LogP contribution in [0.15, 0.2) is 44.5 Å². The minimum absolute atomic E-state index is 0.00928. The lowest BCUT2D eigenvalue weighted by atomic mass is 9.91. The molecule has 2 aliphatic rings. The standard InChI is InChI=1S/C28H30N8O4S2/c29-17-3-1-2-4-18(17)33-28-34-26(22(25(30)38)27-31-5-6-36(27)28)32-15-11-20(41-13-15)16-14-42-24-19(37)12-21(40-23(16)24)35-7-9-39-10-8-35/h5-6,11-14,17-18,32H,1-4,7-10,29H2,(H2,30,38)(H,33,34)/t17-,18+/m1/s1. The first kappa shape index (κ1) is 26.9. The molecule has 1 amide bonds. The topological polar surface area (TPSA) is 166 Å². The van der Waals surface area contributed by atoms with E-state index in [9.17, 15) is 9.59 Å². The summed E-state index contributed by atoms with van der Waals surface area (Å²) in [7, 11) is 0. The fraction of sp³-hybridized carbons (Fsp3) is 0.357. The van der Waals surface area contributed by atoms with Crippen LogP contribution in [0.3, 0.4) is 0 Å². The van der Waals surface area contributed by atoms with Crippen LogP contribution in [-0.4, -0.2) is 58.7 Å². The van der Waals surface area contributed by atoms with Gasteiger partial charge in [-0.05, 0) is 18.9 Å². The number of carbonyl (C=O) groups excluding carboxylic acids is 1. The first-order valence-electron chi connectivity index (χ1n) is 13.9. The summed E-state index contributed by atoms with van der Waals surface area (Å²) >= 11 is 2.86. The Balaban J connectivity index is 1.23. The summed E-state index contributed by atoms with van der Waals surface area (Å²) in [5, 5.41) is 10.6. The van der Waals surface area contributed by atoms with Crippen LogP contribution in [0.1, 0.15) is 36.0 Å². The lowest BCUT2D eigenvalue weighted by Gasteiger charge is -2.30. The number of rotatable bonds is 7. The van der Waals surface area contributed by atoms with Crippen molar-refractivity contribution in [3.63, 3.8) is 0 Å². The van der Waals surface area contributed by atoms with Gasteiger partial charge in [-0.25, -0.2) is 4.98 Å². The van der Waals surface area contributed by atoms with Crippen molar-refractivity contribution in [3.05, 3.63) is 51.1 Å². The highest BCUT2D eigenvalue weighted by Crippen LogP contribution is 2.39. The number of imidazole rings is 1. The fourth-order valence-corrected chi connectivity index (χ4v) is 7.46. The van der Waals surface area contributed by atoms with Crippen LogP contribution in [-0.2, 0) is 4.74 Å². The summed E-state index contributed by atoms with van der Waals surface area (Å²) < 4.78 is 14.0. The zero-order valence-corrected chi connectivity index (χ0v) is 24.3. The maximum Gasteiger partial charge on any atom is 0.256 e. The summed E-state index contributed by atoms with van der Waals surface area (Å²) in [6.07, 6.45) is 7.44. The number of thiophene rings is 2. The molecule has 0 spiro atoms. The molecule has 14 heteroatoms. The molecule has 218 valence electrons. The van der Waals surface area contributed by atoms with Crippen molar-refractivity contribution in [1.82, 2.24) is 14.4 Å². The first-order chi connectivity index (χ1) is 20.5. The number of nitrogens with two attached hydrogens (primary N) is 2. The van der Waals surface area contributed by atoms with E-state index in [4.69, 9.17) is 25.6 Å². The van der Waals surface area contributed by atoms with Crippen LogP contribution < -0.4 is 32.4 Å². The summed E-state index contributed by atoms with van der Waals surface area (Å²) in [6.45, 7) is 2.52. The second kappa shape index (κ2) is 11.0. The van der Waals surface area contributed by atoms with Crippen molar-refractivity contribution < 1.29 is 13.9 Å². The van der Waals surface area contributed by atoms with Crippen LogP contribution in [0.25, 0.3) is 26.4 Å². The highest BCUT2D eigenvalue weighted by atomic mass is 32.1. The number of carbonyl (C=O) groups is 1. The largest absolute Gasteiger partial charge is 0.439 e. The highest BCUT2D eigenvalue weighted by Gasteiger charge is 2.26. The van der Waals surface area contributed by atoms with Crippen molar-refractivity contribution in [1.29, 1.82) is 0 Å². The Morgan fingerprint density at radius 2 is 1.95 bits per heavy atom. The Hall–Kier alpha value is -3.98. The number of amides is 1. The second-order valence-electron chi connectivity index (χ2n) is 10.5. The average molecular weight is 607 g/mol. The summed E-state index contributed by atoms with van der Waals surface area (Å²) in [5.74, 6) is 0.743. The van der Waals surface area contributed by atoms with Crippen molar-refractivity contribution in [2.24, 2.45) is 11.5 Å². The smallest absolute Gasteiger partial charge is 0.256 e. The third-order valence-electron chi connectivity index (χ3n) is 7.81. The van der Waals surface area contributed by atoms with Crippen LogP contribution >= 0.6 is 22.7 Å². The monoisotopic (exact) mass is 606 g/mol. The van der Waals surface area contributed by atoms with Gasteiger partial charge < -0.3 is 36.2 Å². The maximum atomic E-state index is 12.9. The van der Waals surface area contributed by atoms with Gasteiger partial charge in [0.25, 0.3) is 5.91 Å². The quantitative estimate of drug-likeness (QED) is 0.213. The predicted molar refractivity (Wildman–Crippen MR) is 165 cm³/mol. The molecule has 12 nitrogen and oxygen atoms in total. The molecule has 2 atom stereocenters. The van der Waals surface area contributed by atoms with Gasteiger partial charge in [-0.2, -0.15) is 4.98 Å². The number of nitrogens with one attached hydrogen (secondary N) is 2. The van der Waals surface area contributed by atoms with E-state index in [0.29, 0.717) is 65.6 Å². The molecule has 0 radical (unpaired) electrons. The SMILES string of the molecule is NC(=O)c1c(Nc2csc(-c3csc4c(=O)cc(N5CCOCC5)oc34)c2)nc(N[C@H]2CCCC[C@H]2N)n2ccnc12. The Morgan fingerprint density at radius 1 is 1.12 bits per heavy atom. The van der Waals surface area contributed by atoms with E-state index in [2.05, 4.69) is 15.6 Å². The zero-order valence-electron chi connectivity index (χ0n) is 22.7. The van der Waals surface area contributed by atoms with Gasteiger partial charge in [0.1, 0.15) is 10.3 Å². The van der Waals surface area contributed by atoms with E-state index in [1.54, 1.807) is 22.9 Å². The van der Waals surface area contributed by atoms with Crippen LogP contribution in [0.2, 0.25) is 0 Å². The Bertz CT molecular complexity index is 1840. The lowest BCUT2D eigenvalue weighted by molar-refractivity contribution is 0.100. The Morgan fingerprint density at radius 3 is 2.76 bits per heavy atom. The molecule has 2 fully saturated rings. The van der Waals surface area contributed by atoms with Crippen LogP contribution in [0.5, 0.6) is 0 Å². The van der Waals surface area contributed by atoms with Gasteiger partial charge in [-0.1, -0.05) is 12.8 Å². The molecule has 1 saturated carbocycles. The van der Waals surface area contributed by atoms with Gasteiger partial charge in [-0.15, -0.1) is 22.7 Å². The van der Waals surface area contributed by atoms with Crippen LogP contribution in [0, 0.1) is 0 Å². The molecule has 1 aliphatic carbocycles. The predicted octanol–water partition coefficient (Wildman–Crippen LogP) is 3.99. The number of hydrogen-bond donors (Lipinski definition) is 4. The minimum Gasteiger partial charge on any atom is -0.439 e. The molecule has 1 saturated heterocycles. The molecule has 7 rings (SSSR count). The van der Waals surface area contributed by atoms with Crippen molar-refractivity contribution in [3.8, 4) is 10.4 Å². The number of aromatic nitrogens is 3. The van der Waals surface area contributed by atoms with Gasteiger partial charge >= 0.3 is 0 Å². The van der Waals surface area contributed by atoms with E-state index < -0.39 is 5.91 Å². The van der Waals surface area contributed by atoms with Crippen molar-refractivity contribution in [2.45, 2.75) is 37.8 Å². The lowest BCUT2D eigenvalue weighted by Crippen LogP contribution is -2.43. The van der Waals surface area contributed by atoms with E-state index >= 15 is 0 Å². The molecular weight excluding hydrogens is 576 g/mol. The number of primary amides is 1. The Labute approximate surface area is 248 Å². The zero-order chi connectivity index (χ0) is 28.8. The van der Waals surface area contributed by atoms with Gasteiger partial charge in [0.05, 0.1) is 18.9 Å². The fourth-order valence-electron chi connectivity index (χ4n) is 5.62. The molecule has 6 N–H and O–H groups in total. The van der Waals surface area contributed by atoms with Gasteiger partial charge in [0.15, 0.2) is 22.9 Å². The number of ether oxygens (including phenoxy) is 1. The normalized spacial score (nSPS) is 19.4. The minimum atomic E-state index is -0.640. The summed E-state index contributed by atoms with van der Waals surface area (Å²) in [4.78, 5) is 37.7. The van der Waals surface area contributed by atoms with Crippen molar-refractivity contribution in [2.75, 3.05) is 41.8 Å². The van der Waals surface area contributed by atoms with Gasteiger partial charge in [-0.3, -0.25) is 14.0 Å². The third kappa shape index (κ3) is 4.89. The molecule has 6 heterocycles. The van der Waals surface area contributed by atoms with Gasteiger partial charge in [0.2, 0.25) is 11.4 Å². The van der Waals surface area contributed by atoms with Gasteiger partial charge in [0, 0.05) is 64.8 Å². The summed E-state index contributed by atoms with van der Waals surface area (Å²) in [6, 6.07) is 3.57. The molecule has 5 aromatic rings. The average Bonchev–Trinajstić information content (AvgIpc) is 3.75. The molecule has 0 bridgehead atoms. The molecule has 42 heavy (non-hydrogen) atoms. The van der Waals surface area contributed by atoms with Crippen molar-refractivity contribution >= 4 is 67.8 Å². The second-order valence-corrected chi connectivity index (χ2v) is 12.3. The molecule has 0 unspecified atom stereocenters. The number of anilines is 4. The summed E-state index contributed by atoms with van der Waals surface area (Å²) in [5.41, 5.74) is 14.9. The van der Waals surface area contributed by atoms with E-state index in [1.165, 1.54) is 22.7 Å². The number of morpholine rings is 1.